The van der Waals surface area contributed by atoms with Crippen LogP contribution in [0.25, 0.3) is 82.1 Å². The summed E-state index contributed by atoms with van der Waals surface area (Å²) < 4.78 is 2.46. The second kappa shape index (κ2) is 13.2. The molecule has 10 aromatic carbocycles. The van der Waals surface area contributed by atoms with Gasteiger partial charge < -0.3 is 9.47 Å². The van der Waals surface area contributed by atoms with Crippen LogP contribution in [0.2, 0.25) is 0 Å². The van der Waals surface area contributed by atoms with E-state index in [0.717, 1.165) is 22.7 Å². The monoisotopic (exact) mass is 712 g/mol. The molecule has 2 heteroatoms. The van der Waals surface area contributed by atoms with Crippen LogP contribution in [0, 0.1) is 0 Å². The average Bonchev–Trinajstić information content (AvgIpc) is 3.59. The Balaban J connectivity index is 1.09. The van der Waals surface area contributed by atoms with E-state index in [1.165, 1.54) is 76.4 Å². The van der Waals surface area contributed by atoms with Gasteiger partial charge in [-0.3, -0.25) is 0 Å². The molecule has 0 atom stereocenters. The molecular formula is C54H36N2. The number of aromatic nitrogens is 1. The molecule has 262 valence electrons. The van der Waals surface area contributed by atoms with E-state index in [-0.39, 0.29) is 0 Å². The lowest BCUT2D eigenvalue weighted by Gasteiger charge is -2.26. The summed E-state index contributed by atoms with van der Waals surface area (Å²) in [7, 11) is 0. The highest BCUT2D eigenvalue weighted by molar-refractivity contribution is 6.11. The minimum atomic E-state index is 1.10. The number of hydrogen-bond acceptors (Lipinski definition) is 1. The Morgan fingerprint density at radius 3 is 1.39 bits per heavy atom. The summed E-state index contributed by atoms with van der Waals surface area (Å²) in [6, 6.07) is 79.6. The third kappa shape index (κ3) is 5.51. The third-order valence-electron chi connectivity index (χ3n) is 11.3. The molecule has 11 aromatic rings. The van der Waals surface area contributed by atoms with E-state index < -0.39 is 0 Å². The van der Waals surface area contributed by atoms with Crippen LogP contribution < -0.4 is 4.90 Å². The molecule has 0 aliphatic heterocycles. The van der Waals surface area contributed by atoms with E-state index in [2.05, 4.69) is 228 Å². The minimum Gasteiger partial charge on any atom is -0.310 e. The molecule has 0 aliphatic carbocycles. The molecule has 0 saturated carbocycles. The van der Waals surface area contributed by atoms with Gasteiger partial charge in [0.2, 0.25) is 0 Å². The Labute approximate surface area is 325 Å². The molecule has 1 heterocycles. The molecule has 0 amide bonds. The molecule has 1 aromatic heterocycles. The predicted octanol–water partition coefficient (Wildman–Crippen LogP) is 15.0. The van der Waals surface area contributed by atoms with Crippen molar-refractivity contribution < 1.29 is 0 Å². The molecule has 0 bridgehead atoms. The topological polar surface area (TPSA) is 8.17 Å². The van der Waals surface area contributed by atoms with Crippen molar-refractivity contribution >= 4 is 71.2 Å². The maximum Gasteiger partial charge on any atom is 0.0561 e. The fourth-order valence-electron chi connectivity index (χ4n) is 8.48. The van der Waals surface area contributed by atoms with E-state index in [4.69, 9.17) is 0 Å². The molecule has 0 saturated heterocycles. The molecule has 0 unspecified atom stereocenters. The second-order valence-corrected chi connectivity index (χ2v) is 14.6. The van der Waals surface area contributed by atoms with E-state index in [9.17, 15) is 0 Å². The van der Waals surface area contributed by atoms with Gasteiger partial charge in [0.25, 0.3) is 0 Å². The zero-order valence-corrected chi connectivity index (χ0v) is 30.7. The smallest absolute Gasteiger partial charge is 0.0561 e. The number of rotatable bonds is 6. The fourth-order valence-corrected chi connectivity index (χ4v) is 8.48. The van der Waals surface area contributed by atoms with Crippen molar-refractivity contribution in [2.75, 3.05) is 4.90 Å². The number of hydrogen-bond donors (Lipinski definition) is 0. The van der Waals surface area contributed by atoms with Crippen LogP contribution in [0.4, 0.5) is 17.1 Å². The largest absolute Gasteiger partial charge is 0.310 e. The molecule has 0 N–H and O–H groups in total. The number of anilines is 3. The highest BCUT2D eigenvalue weighted by Crippen LogP contribution is 2.41. The molecule has 56 heavy (non-hydrogen) atoms. The van der Waals surface area contributed by atoms with Crippen LogP contribution in [-0.4, -0.2) is 4.57 Å². The molecule has 0 spiro atoms. The molecule has 0 aliphatic rings. The number of benzene rings is 10. The van der Waals surface area contributed by atoms with Gasteiger partial charge in [-0.2, -0.15) is 0 Å². The quantitative estimate of drug-likeness (QED) is 0.167. The Morgan fingerprint density at radius 2 is 0.714 bits per heavy atom. The van der Waals surface area contributed by atoms with E-state index in [1.807, 2.05) is 0 Å². The highest BCUT2D eigenvalue weighted by Gasteiger charge is 2.19. The third-order valence-corrected chi connectivity index (χ3v) is 11.3. The lowest BCUT2D eigenvalue weighted by molar-refractivity contribution is 1.18. The normalized spacial score (nSPS) is 11.6. The standard InChI is InChI=1S/C54H36N2/c1-2-16-47(17-3-1)55(48-27-24-38-11-5-8-14-43(38)33-48)50-29-31-52-51-30-26-46(41-20-18-40(19-21-41)45-23-22-37-10-4-7-13-42(37)32-45)35-53(51)56(54(52)36-50)49-28-25-39-12-6-9-15-44(39)34-49/h1-36H. The van der Waals surface area contributed by atoms with E-state index >= 15 is 0 Å². The van der Waals surface area contributed by atoms with Gasteiger partial charge in [0.05, 0.1) is 11.0 Å². The van der Waals surface area contributed by atoms with Gasteiger partial charge in [0, 0.05) is 33.5 Å². The lowest BCUT2D eigenvalue weighted by atomic mass is 9.98. The molecule has 0 radical (unpaired) electrons. The molecular weight excluding hydrogens is 677 g/mol. The summed E-state index contributed by atoms with van der Waals surface area (Å²) in [5.41, 5.74) is 11.7. The Morgan fingerprint density at radius 1 is 0.268 bits per heavy atom. The summed E-state index contributed by atoms with van der Waals surface area (Å²) in [4.78, 5) is 2.37. The van der Waals surface area contributed by atoms with Crippen molar-refractivity contribution in [2.24, 2.45) is 0 Å². The Hall–Kier alpha value is -7.42. The van der Waals surface area contributed by atoms with Crippen molar-refractivity contribution in [3.05, 3.63) is 218 Å². The van der Waals surface area contributed by atoms with Crippen LogP contribution in [0.3, 0.4) is 0 Å². The van der Waals surface area contributed by atoms with Gasteiger partial charge in [0.1, 0.15) is 0 Å². The SMILES string of the molecule is c1ccc(N(c2ccc3ccccc3c2)c2ccc3c4ccc(-c5ccc(-c6ccc7ccccc7c6)cc5)cc4n(-c4ccc5ccccc5c4)c3c2)cc1. The highest BCUT2D eigenvalue weighted by atomic mass is 15.1. The maximum absolute atomic E-state index is 2.46. The maximum atomic E-state index is 2.46. The van der Waals surface area contributed by atoms with E-state index in [1.54, 1.807) is 0 Å². The van der Waals surface area contributed by atoms with Crippen LogP contribution in [0.5, 0.6) is 0 Å². The number of para-hydroxylation sites is 1. The van der Waals surface area contributed by atoms with Gasteiger partial charge in [-0.15, -0.1) is 0 Å². The van der Waals surface area contributed by atoms with Gasteiger partial charge in [-0.05, 0) is 115 Å². The zero-order chi connectivity index (χ0) is 37.0. The van der Waals surface area contributed by atoms with Crippen molar-refractivity contribution in [3.8, 4) is 27.9 Å². The van der Waals surface area contributed by atoms with Crippen molar-refractivity contribution in [1.82, 2.24) is 4.57 Å². The zero-order valence-electron chi connectivity index (χ0n) is 30.7. The average molecular weight is 713 g/mol. The Bertz CT molecular complexity index is 3250. The van der Waals surface area contributed by atoms with Crippen LogP contribution in [0.15, 0.2) is 218 Å². The number of fused-ring (bicyclic) bond motifs is 6. The number of nitrogens with zero attached hydrogens (tertiary/aromatic N) is 2. The van der Waals surface area contributed by atoms with Gasteiger partial charge >= 0.3 is 0 Å². The first-order valence-electron chi connectivity index (χ1n) is 19.2. The first-order chi connectivity index (χ1) is 27.7. The lowest BCUT2D eigenvalue weighted by Crippen LogP contribution is -2.10. The van der Waals surface area contributed by atoms with Crippen LogP contribution >= 0.6 is 0 Å². The van der Waals surface area contributed by atoms with Crippen molar-refractivity contribution in [2.45, 2.75) is 0 Å². The van der Waals surface area contributed by atoms with Crippen molar-refractivity contribution in [1.29, 1.82) is 0 Å². The summed E-state index contributed by atoms with van der Waals surface area (Å²) in [6.07, 6.45) is 0. The fraction of sp³-hybridized carbons (Fsp3) is 0. The summed E-state index contributed by atoms with van der Waals surface area (Å²) >= 11 is 0. The molecule has 11 rings (SSSR count). The van der Waals surface area contributed by atoms with Gasteiger partial charge in [0.15, 0.2) is 0 Å². The van der Waals surface area contributed by atoms with E-state index in [0.29, 0.717) is 0 Å². The van der Waals surface area contributed by atoms with Gasteiger partial charge in [-0.25, -0.2) is 0 Å². The summed E-state index contributed by atoms with van der Waals surface area (Å²) in [6.45, 7) is 0. The van der Waals surface area contributed by atoms with Crippen molar-refractivity contribution in [3.63, 3.8) is 0 Å². The van der Waals surface area contributed by atoms with Crippen LogP contribution in [0.1, 0.15) is 0 Å². The Kier molecular flexibility index (Phi) is 7.53. The second-order valence-electron chi connectivity index (χ2n) is 14.6. The molecule has 2 nitrogen and oxygen atoms in total. The molecule has 0 fully saturated rings. The first-order valence-corrected chi connectivity index (χ1v) is 19.2. The summed E-state index contributed by atoms with van der Waals surface area (Å²) in [5, 5.41) is 9.88. The first kappa shape index (κ1) is 32.0. The minimum absolute atomic E-state index is 1.10. The van der Waals surface area contributed by atoms with Gasteiger partial charge in [-0.1, -0.05) is 158 Å². The van der Waals surface area contributed by atoms with Crippen LogP contribution in [-0.2, 0) is 0 Å². The predicted molar refractivity (Wildman–Crippen MR) is 239 cm³/mol. The summed E-state index contributed by atoms with van der Waals surface area (Å²) in [5.74, 6) is 0.